The number of rotatable bonds is 3. The van der Waals surface area contributed by atoms with Gasteiger partial charge in [-0.1, -0.05) is 188 Å². The summed E-state index contributed by atoms with van der Waals surface area (Å²) < 4.78 is 6.88. The van der Waals surface area contributed by atoms with Crippen molar-refractivity contribution in [2.24, 2.45) is 0 Å². The van der Waals surface area contributed by atoms with Gasteiger partial charge in [-0.15, -0.1) is 0 Å². The lowest BCUT2D eigenvalue weighted by Gasteiger charge is -2.42. The molecule has 0 saturated heterocycles. The van der Waals surface area contributed by atoms with E-state index in [1.54, 1.807) is 0 Å². The van der Waals surface area contributed by atoms with Crippen LogP contribution in [0.25, 0.3) is 44.2 Å². The van der Waals surface area contributed by atoms with Crippen molar-refractivity contribution in [3.63, 3.8) is 0 Å². The van der Waals surface area contributed by atoms with Gasteiger partial charge in [-0.05, 0) is 95.7 Å². The summed E-state index contributed by atoms with van der Waals surface area (Å²) in [6.07, 6.45) is 0. The van der Waals surface area contributed by atoms with E-state index in [1.807, 2.05) is 0 Å². The van der Waals surface area contributed by atoms with Crippen molar-refractivity contribution in [2.45, 2.75) is 10.8 Å². The van der Waals surface area contributed by atoms with Crippen molar-refractivity contribution in [1.29, 1.82) is 0 Å². The van der Waals surface area contributed by atoms with Gasteiger partial charge in [0.25, 0.3) is 0 Å². The summed E-state index contributed by atoms with van der Waals surface area (Å²) in [5.41, 5.74) is 16.7. The minimum Gasteiger partial charge on any atom is -0.457 e. The van der Waals surface area contributed by atoms with Gasteiger partial charge in [-0.3, -0.25) is 0 Å². The number of fused-ring (bicyclic) bond motifs is 14. The molecule has 0 radical (unpaired) electrons. The molecule has 0 N–H and O–H groups in total. The SMILES string of the molecule is c1ccc(C2(c3ccccc3)c3ccccc3Oc3cccc(-c4ccc5c(c4)-c4ccccc4C54c5ccccc5-c5c4ccc4ccccc54)c32)cc1. The Balaban J connectivity index is 1.16. The zero-order valence-corrected chi connectivity index (χ0v) is 30.0. The monoisotopic (exact) mass is 698 g/mol. The van der Waals surface area contributed by atoms with Gasteiger partial charge in [0.15, 0.2) is 0 Å². The van der Waals surface area contributed by atoms with Gasteiger partial charge in [0, 0.05) is 11.1 Å². The highest BCUT2D eigenvalue weighted by Crippen LogP contribution is 2.64. The molecule has 9 aromatic rings. The summed E-state index contributed by atoms with van der Waals surface area (Å²) >= 11 is 0. The van der Waals surface area contributed by atoms with Crippen LogP contribution in [-0.4, -0.2) is 0 Å². The highest BCUT2D eigenvalue weighted by molar-refractivity contribution is 6.06. The quantitative estimate of drug-likeness (QED) is 0.178. The van der Waals surface area contributed by atoms with Gasteiger partial charge in [0.05, 0.1) is 10.8 Å². The van der Waals surface area contributed by atoms with Crippen LogP contribution in [0.3, 0.4) is 0 Å². The standard InChI is InChI=1S/C54H34O/c1-3-17-37(18-4-1)53(38-19-5-2-6-20-38)47-27-13-14-28-49(47)55-50-29-15-24-40(52(50)53)36-31-32-46-43(34-36)41-22-9-11-25-44(41)54(46)45-26-12-10-23-42(45)51-39-21-8-7-16-35(39)30-33-48(51)54/h1-34H. The lowest BCUT2D eigenvalue weighted by atomic mass is 9.62. The fourth-order valence-electron chi connectivity index (χ4n) is 10.6. The third-order valence-electron chi connectivity index (χ3n) is 12.6. The van der Waals surface area contributed by atoms with Crippen LogP contribution in [0.15, 0.2) is 206 Å². The number of hydrogen-bond donors (Lipinski definition) is 0. The normalized spacial score (nSPS) is 16.4. The largest absolute Gasteiger partial charge is 0.457 e. The Kier molecular flexibility index (Phi) is 6.25. The Morgan fingerprint density at radius 1 is 0.327 bits per heavy atom. The first-order chi connectivity index (χ1) is 27.3. The lowest BCUT2D eigenvalue weighted by Crippen LogP contribution is -2.34. The van der Waals surface area contributed by atoms with Crippen molar-refractivity contribution in [1.82, 2.24) is 0 Å². The van der Waals surface area contributed by atoms with Gasteiger partial charge >= 0.3 is 0 Å². The van der Waals surface area contributed by atoms with E-state index >= 15 is 0 Å². The molecule has 1 atom stereocenters. The second-order valence-electron chi connectivity index (χ2n) is 15.1. The Morgan fingerprint density at radius 3 is 1.67 bits per heavy atom. The lowest BCUT2D eigenvalue weighted by molar-refractivity contribution is 0.435. The number of benzene rings is 9. The van der Waals surface area contributed by atoms with Crippen LogP contribution in [0.1, 0.15) is 44.5 Å². The van der Waals surface area contributed by atoms with Crippen LogP contribution in [0.2, 0.25) is 0 Å². The molecule has 1 unspecified atom stereocenters. The van der Waals surface area contributed by atoms with Crippen LogP contribution < -0.4 is 4.74 Å². The smallest absolute Gasteiger partial charge is 0.132 e. The maximum absolute atomic E-state index is 6.88. The Morgan fingerprint density at radius 2 is 0.891 bits per heavy atom. The summed E-state index contributed by atoms with van der Waals surface area (Å²) in [6.45, 7) is 0. The minimum absolute atomic E-state index is 0.420. The fraction of sp³-hybridized carbons (Fsp3) is 0.0370. The zero-order chi connectivity index (χ0) is 36.1. The van der Waals surface area contributed by atoms with Crippen molar-refractivity contribution < 1.29 is 4.74 Å². The molecule has 256 valence electrons. The zero-order valence-electron chi connectivity index (χ0n) is 30.0. The Labute approximate surface area is 320 Å². The van der Waals surface area contributed by atoms with Crippen molar-refractivity contribution in [2.75, 3.05) is 0 Å². The average Bonchev–Trinajstić information content (AvgIpc) is 3.73. The van der Waals surface area contributed by atoms with Crippen LogP contribution >= 0.6 is 0 Å². The molecule has 0 amide bonds. The van der Waals surface area contributed by atoms with Crippen molar-refractivity contribution >= 4 is 10.8 Å². The van der Waals surface area contributed by atoms with Crippen LogP contribution in [0, 0.1) is 0 Å². The number of hydrogen-bond acceptors (Lipinski definition) is 1. The van der Waals surface area contributed by atoms with Crippen LogP contribution in [0.4, 0.5) is 0 Å². The molecule has 3 aliphatic rings. The topological polar surface area (TPSA) is 9.23 Å². The number of para-hydroxylation sites is 1. The summed E-state index contributed by atoms with van der Waals surface area (Å²) in [6, 6.07) is 76.1. The fourth-order valence-corrected chi connectivity index (χ4v) is 10.6. The van der Waals surface area contributed by atoms with E-state index in [0.717, 1.165) is 22.6 Å². The Hall–Kier alpha value is -6.96. The molecule has 1 heterocycles. The highest BCUT2D eigenvalue weighted by atomic mass is 16.5. The first-order valence-corrected chi connectivity index (χ1v) is 19.2. The van der Waals surface area contributed by atoms with E-state index in [-0.39, 0.29) is 0 Å². The van der Waals surface area contributed by atoms with E-state index in [2.05, 4.69) is 206 Å². The maximum atomic E-state index is 6.88. The first kappa shape index (κ1) is 30.5. The molecule has 0 bridgehead atoms. The second kappa shape index (κ2) is 11.3. The molecular weight excluding hydrogens is 665 g/mol. The van der Waals surface area contributed by atoms with Crippen LogP contribution in [0.5, 0.6) is 11.5 Å². The van der Waals surface area contributed by atoms with Gasteiger partial charge in [0.2, 0.25) is 0 Å². The molecule has 1 heteroatoms. The third kappa shape index (κ3) is 3.87. The van der Waals surface area contributed by atoms with Gasteiger partial charge in [0.1, 0.15) is 11.5 Å². The highest BCUT2D eigenvalue weighted by Gasteiger charge is 2.52. The van der Waals surface area contributed by atoms with E-state index in [9.17, 15) is 0 Å². The predicted octanol–water partition coefficient (Wildman–Crippen LogP) is 13.3. The second-order valence-corrected chi connectivity index (χ2v) is 15.1. The molecule has 1 nitrogen and oxygen atoms in total. The van der Waals surface area contributed by atoms with E-state index < -0.39 is 10.8 Å². The summed E-state index contributed by atoms with van der Waals surface area (Å²) in [4.78, 5) is 0. The van der Waals surface area contributed by atoms with Gasteiger partial charge in [-0.25, -0.2) is 0 Å². The van der Waals surface area contributed by atoms with Crippen molar-refractivity contribution in [3.05, 3.63) is 251 Å². The molecule has 1 aliphatic heterocycles. The molecule has 0 aromatic heterocycles. The molecule has 12 rings (SSSR count). The van der Waals surface area contributed by atoms with Gasteiger partial charge < -0.3 is 4.74 Å². The molecule has 2 aliphatic carbocycles. The Bertz CT molecular complexity index is 2970. The number of ether oxygens (including phenoxy) is 1. The molecule has 0 saturated carbocycles. The molecular formula is C54H34O. The summed E-state index contributed by atoms with van der Waals surface area (Å²) in [5, 5.41) is 2.58. The third-order valence-corrected chi connectivity index (χ3v) is 12.6. The summed E-state index contributed by atoms with van der Waals surface area (Å²) in [5.74, 6) is 1.77. The maximum Gasteiger partial charge on any atom is 0.132 e. The molecule has 9 aromatic carbocycles. The average molecular weight is 699 g/mol. The van der Waals surface area contributed by atoms with Crippen molar-refractivity contribution in [3.8, 4) is 44.9 Å². The minimum atomic E-state index is -0.619. The molecule has 55 heavy (non-hydrogen) atoms. The van der Waals surface area contributed by atoms with E-state index in [4.69, 9.17) is 4.74 Å². The van der Waals surface area contributed by atoms with E-state index in [1.165, 1.54) is 77.5 Å². The predicted molar refractivity (Wildman–Crippen MR) is 224 cm³/mol. The summed E-state index contributed by atoms with van der Waals surface area (Å²) in [7, 11) is 0. The van der Waals surface area contributed by atoms with Crippen LogP contribution in [-0.2, 0) is 10.8 Å². The molecule has 1 spiro atoms. The first-order valence-electron chi connectivity index (χ1n) is 19.2. The van der Waals surface area contributed by atoms with Gasteiger partial charge in [-0.2, -0.15) is 0 Å². The van der Waals surface area contributed by atoms with E-state index in [0.29, 0.717) is 0 Å². The molecule has 0 fully saturated rings.